The van der Waals surface area contributed by atoms with E-state index in [4.69, 9.17) is 0 Å². The number of hydrogen-bond donors (Lipinski definition) is 3. The van der Waals surface area contributed by atoms with E-state index < -0.39 is 11.8 Å². The summed E-state index contributed by atoms with van der Waals surface area (Å²) in [5, 5.41) is 10.0. The number of nitrogens with one attached hydrogen (secondary N) is 3. The molecule has 0 atom stereocenters. The number of benzene rings is 1. The molecule has 3 N–H and O–H groups in total. The standard InChI is InChI=1S/C22H27N3O3S/c1-15-7-5-8-16(2)19(15)25-21(28)20(27)23-13-18(26)24-14-22(10-3-4-11-22)17-9-6-12-29-17/h5-9,12H,3-4,10-11,13-14H2,1-2H3,(H,23,27)(H,24,26)(H,25,28). The lowest BCUT2D eigenvalue weighted by Gasteiger charge is -2.28. The predicted octanol–water partition coefficient (Wildman–Crippen LogP) is 3.05. The van der Waals surface area contributed by atoms with Crippen LogP contribution in [0.2, 0.25) is 0 Å². The van der Waals surface area contributed by atoms with Crippen molar-refractivity contribution >= 4 is 34.7 Å². The topological polar surface area (TPSA) is 87.3 Å². The van der Waals surface area contributed by atoms with Gasteiger partial charge in [0.05, 0.1) is 6.54 Å². The molecule has 0 bridgehead atoms. The van der Waals surface area contributed by atoms with Crippen LogP contribution >= 0.6 is 11.3 Å². The summed E-state index contributed by atoms with van der Waals surface area (Å²) in [4.78, 5) is 37.8. The zero-order valence-corrected chi connectivity index (χ0v) is 17.7. The van der Waals surface area contributed by atoms with Gasteiger partial charge in [0.15, 0.2) is 0 Å². The molecule has 0 saturated heterocycles. The van der Waals surface area contributed by atoms with E-state index >= 15 is 0 Å². The summed E-state index contributed by atoms with van der Waals surface area (Å²) in [6, 6.07) is 9.78. The summed E-state index contributed by atoms with van der Waals surface area (Å²) in [5.41, 5.74) is 2.36. The third kappa shape index (κ3) is 5.03. The molecule has 1 aliphatic carbocycles. The molecule has 0 unspecified atom stereocenters. The number of thiophene rings is 1. The van der Waals surface area contributed by atoms with Gasteiger partial charge in [0.25, 0.3) is 0 Å². The van der Waals surface area contributed by atoms with Gasteiger partial charge in [0.2, 0.25) is 5.91 Å². The molecule has 1 aliphatic rings. The van der Waals surface area contributed by atoms with E-state index in [1.165, 1.54) is 4.88 Å². The van der Waals surface area contributed by atoms with Crippen molar-refractivity contribution in [3.05, 3.63) is 51.7 Å². The van der Waals surface area contributed by atoms with Gasteiger partial charge in [-0.3, -0.25) is 14.4 Å². The molecular weight excluding hydrogens is 386 g/mol. The molecule has 29 heavy (non-hydrogen) atoms. The second kappa shape index (κ2) is 9.22. The van der Waals surface area contributed by atoms with Crippen LogP contribution in [0.3, 0.4) is 0 Å². The van der Waals surface area contributed by atoms with Crippen molar-refractivity contribution in [2.24, 2.45) is 0 Å². The molecule has 0 aliphatic heterocycles. The highest BCUT2D eigenvalue weighted by Gasteiger charge is 2.36. The number of carbonyl (C=O) groups is 3. The van der Waals surface area contributed by atoms with Crippen molar-refractivity contribution in [3.63, 3.8) is 0 Å². The van der Waals surface area contributed by atoms with Crippen LogP contribution in [0.1, 0.15) is 41.7 Å². The molecule has 7 heteroatoms. The van der Waals surface area contributed by atoms with Gasteiger partial charge in [-0.1, -0.05) is 37.1 Å². The first-order chi connectivity index (χ1) is 13.9. The highest BCUT2D eigenvalue weighted by atomic mass is 32.1. The molecule has 3 rings (SSSR count). The zero-order valence-electron chi connectivity index (χ0n) is 16.8. The molecule has 1 fully saturated rings. The fourth-order valence-electron chi connectivity index (χ4n) is 3.90. The summed E-state index contributed by atoms with van der Waals surface area (Å²) in [7, 11) is 0. The largest absolute Gasteiger partial charge is 0.354 e. The normalized spacial score (nSPS) is 15.0. The third-order valence-electron chi connectivity index (χ3n) is 5.56. The highest BCUT2D eigenvalue weighted by molar-refractivity contribution is 7.10. The highest BCUT2D eigenvalue weighted by Crippen LogP contribution is 2.42. The molecule has 2 aromatic rings. The first-order valence-electron chi connectivity index (χ1n) is 9.87. The van der Waals surface area contributed by atoms with Crippen molar-refractivity contribution in [2.75, 3.05) is 18.4 Å². The van der Waals surface area contributed by atoms with E-state index in [1.807, 2.05) is 38.1 Å². The van der Waals surface area contributed by atoms with Crippen molar-refractivity contribution < 1.29 is 14.4 Å². The SMILES string of the molecule is Cc1cccc(C)c1NC(=O)C(=O)NCC(=O)NCC1(c2cccs2)CCCC1. The Hall–Kier alpha value is -2.67. The predicted molar refractivity (Wildman–Crippen MR) is 115 cm³/mol. The average Bonchev–Trinajstić information content (AvgIpc) is 3.39. The fourth-order valence-corrected chi connectivity index (χ4v) is 4.88. The molecule has 1 saturated carbocycles. The molecule has 3 amide bonds. The number of amides is 3. The van der Waals surface area contributed by atoms with Crippen LogP contribution in [-0.4, -0.2) is 30.8 Å². The Kier molecular flexibility index (Phi) is 6.69. The van der Waals surface area contributed by atoms with E-state index in [0.717, 1.165) is 36.8 Å². The second-order valence-electron chi connectivity index (χ2n) is 7.65. The van der Waals surface area contributed by atoms with Gasteiger partial charge in [0, 0.05) is 22.5 Å². The van der Waals surface area contributed by atoms with Gasteiger partial charge in [0.1, 0.15) is 0 Å². The summed E-state index contributed by atoms with van der Waals surface area (Å²) in [5.74, 6) is -1.89. The molecule has 1 aromatic carbocycles. The monoisotopic (exact) mass is 413 g/mol. The molecule has 0 spiro atoms. The Balaban J connectivity index is 1.49. The lowest BCUT2D eigenvalue weighted by Crippen LogP contribution is -2.45. The number of aryl methyl sites for hydroxylation is 2. The van der Waals surface area contributed by atoms with E-state index in [9.17, 15) is 14.4 Å². The number of rotatable bonds is 6. The molecule has 1 heterocycles. The van der Waals surface area contributed by atoms with Crippen molar-refractivity contribution in [1.82, 2.24) is 10.6 Å². The minimum atomic E-state index is -0.823. The van der Waals surface area contributed by atoms with Gasteiger partial charge in [-0.25, -0.2) is 0 Å². The first kappa shape index (κ1) is 21.0. The Morgan fingerprint density at radius 3 is 2.28 bits per heavy atom. The Morgan fingerprint density at radius 2 is 1.66 bits per heavy atom. The minimum Gasteiger partial charge on any atom is -0.354 e. The van der Waals surface area contributed by atoms with E-state index in [1.54, 1.807) is 11.3 Å². The van der Waals surface area contributed by atoms with Crippen LogP contribution in [0.25, 0.3) is 0 Å². The average molecular weight is 414 g/mol. The quantitative estimate of drug-likeness (QED) is 0.636. The Labute approximate surface area is 175 Å². The van der Waals surface area contributed by atoms with Crippen LogP contribution in [0.5, 0.6) is 0 Å². The Bertz CT molecular complexity index is 866. The summed E-state index contributed by atoms with van der Waals surface area (Å²) in [6.07, 6.45) is 4.42. The third-order valence-corrected chi connectivity index (χ3v) is 6.68. The van der Waals surface area contributed by atoms with Gasteiger partial charge in [-0.2, -0.15) is 0 Å². The van der Waals surface area contributed by atoms with Gasteiger partial charge >= 0.3 is 11.8 Å². The van der Waals surface area contributed by atoms with Gasteiger partial charge < -0.3 is 16.0 Å². The molecular formula is C22H27N3O3S. The van der Waals surface area contributed by atoms with E-state index in [0.29, 0.717) is 12.2 Å². The van der Waals surface area contributed by atoms with E-state index in [-0.39, 0.29) is 17.9 Å². The maximum atomic E-state index is 12.3. The summed E-state index contributed by atoms with van der Waals surface area (Å²) < 4.78 is 0. The van der Waals surface area contributed by atoms with Crippen molar-refractivity contribution in [2.45, 2.75) is 44.9 Å². The molecule has 0 radical (unpaired) electrons. The zero-order chi connectivity index (χ0) is 20.9. The van der Waals surface area contributed by atoms with Crippen LogP contribution in [0, 0.1) is 13.8 Å². The van der Waals surface area contributed by atoms with Crippen molar-refractivity contribution in [1.29, 1.82) is 0 Å². The molecule has 1 aromatic heterocycles. The van der Waals surface area contributed by atoms with Crippen LogP contribution in [0.15, 0.2) is 35.7 Å². The number of para-hydroxylation sites is 1. The first-order valence-corrected chi connectivity index (χ1v) is 10.8. The maximum Gasteiger partial charge on any atom is 0.313 e. The Morgan fingerprint density at radius 1 is 0.966 bits per heavy atom. The summed E-state index contributed by atoms with van der Waals surface area (Å²) in [6.45, 7) is 4.05. The van der Waals surface area contributed by atoms with E-state index in [2.05, 4.69) is 27.4 Å². The number of carbonyl (C=O) groups excluding carboxylic acids is 3. The van der Waals surface area contributed by atoms with Crippen LogP contribution in [-0.2, 0) is 19.8 Å². The smallest absolute Gasteiger partial charge is 0.313 e. The van der Waals surface area contributed by atoms with Crippen LogP contribution in [0.4, 0.5) is 5.69 Å². The van der Waals surface area contributed by atoms with Crippen molar-refractivity contribution in [3.8, 4) is 0 Å². The number of anilines is 1. The molecule has 6 nitrogen and oxygen atoms in total. The van der Waals surface area contributed by atoms with Gasteiger partial charge in [-0.05, 0) is 49.3 Å². The van der Waals surface area contributed by atoms with Crippen LogP contribution < -0.4 is 16.0 Å². The lowest BCUT2D eigenvalue weighted by atomic mass is 9.84. The molecule has 154 valence electrons. The fraction of sp³-hybridized carbons (Fsp3) is 0.409. The maximum absolute atomic E-state index is 12.3. The number of hydrogen-bond acceptors (Lipinski definition) is 4. The lowest BCUT2D eigenvalue weighted by molar-refractivity contribution is -0.136. The minimum absolute atomic E-state index is 0.00638. The summed E-state index contributed by atoms with van der Waals surface area (Å²) >= 11 is 1.72. The second-order valence-corrected chi connectivity index (χ2v) is 8.59. The van der Waals surface area contributed by atoms with Gasteiger partial charge in [-0.15, -0.1) is 11.3 Å².